The number of rotatable bonds is 4. The van der Waals surface area contributed by atoms with Crippen LogP contribution in [0.25, 0.3) is 11.5 Å². The lowest BCUT2D eigenvalue weighted by Gasteiger charge is -2.32. The van der Waals surface area contributed by atoms with Crippen molar-refractivity contribution < 1.29 is 17.6 Å². The first-order valence-electron chi connectivity index (χ1n) is 8.48. The van der Waals surface area contributed by atoms with Gasteiger partial charge in [0, 0.05) is 30.9 Å². The molecule has 0 atom stereocenters. The fourth-order valence-electron chi connectivity index (χ4n) is 3.43. The maximum absolute atomic E-state index is 13.4. The van der Waals surface area contributed by atoms with E-state index >= 15 is 0 Å². The van der Waals surface area contributed by atoms with Crippen LogP contribution in [0.5, 0.6) is 0 Å². The molecule has 3 N–H and O–H groups in total. The van der Waals surface area contributed by atoms with Crippen LogP contribution in [0.15, 0.2) is 27.4 Å². The third kappa shape index (κ3) is 4.09. The molecule has 1 fully saturated rings. The molecule has 142 valence electrons. The van der Waals surface area contributed by atoms with Gasteiger partial charge in [-0.1, -0.05) is 0 Å². The van der Waals surface area contributed by atoms with Crippen LogP contribution >= 0.6 is 0 Å². The van der Waals surface area contributed by atoms with Gasteiger partial charge in [0.2, 0.25) is 5.89 Å². The Labute approximate surface area is 148 Å². The smallest absolute Gasteiger partial charge is 0.388 e. The Morgan fingerprint density at radius 1 is 1.31 bits per heavy atom. The minimum atomic E-state index is -4.48. The van der Waals surface area contributed by atoms with Gasteiger partial charge in [0.15, 0.2) is 0 Å². The number of benzene rings is 1. The first-order chi connectivity index (χ1) is 12.2. The number of nitrogens with two attached hydrogens (primary N) is 1. The molecule has 2 aromatic rings. The number of nitrogens with one attached hydrogen (secondary N) is 1. The van der Waals surface area contributed by atoms with Crippen LogP contribution in [0.2, 0.25) is 0 Å². The SMILES string of the molecule is CN(C[C@H]1CC[C@H](N)CC1)c1cc(-c2n[nH]c(=O)o2)ccc1C(F)(F)F. The van der Waals surface area contributed by atoms with E-state index in [1.54, 1.807) is 11.9 Å². The molecule has 0 radical (unpaired) electrons. The van der Waals surface area contributed by atoms with Gasteiger partial charge in [-0.15, -0.1) is 5.10 Å². The van der Waals surface area contributed by atoms with Crippen LogP contribution < -0.4 is 16.4 Å². The van der Waals surface area contributed by atoms with Gasteiger partial charge >= 0.3 is 11.9 Å². The van der Waals surface area contributed by atoms with Gasteiger partial charge in [0.1, 0.15) is 0 Å². The maximum atomic E-state index is 13.4. The van der Waals surface area contributed by atoms with Crippen LogP contribution in [0, 0.1) is 5.92 Å². The molecule has 3 rings (SSSR count). The topological polar surface area (TPSA) is 88.1 Å². The van der Waals surface area contributed by atoms with E-state index in [1.807, 2.05) is 0 Å². The largest absolute Gasteiger partial charge is 0.434 e. The highest BCUT2D eigenvalue weighted by atomic mass is 19.4. The van der Waals surface area contributed by atoms with Gasteiger partial charge in [-0.25, -0.2) is 9.89 Å². The Morgan fingerprint density at radius 2 is 2.00 bits per heavy atom. The summed E-state index contributed by atoms with van der Waals surface area (Å²) >= 11 is 0. The molecule has 26 heavy (non-hydrogen) atoms. The lowest BCUT2D eigenvalue weighted by atomic mass is 9.86. The first kappa shape index (κ1) is 18.5. The zero-order valence-electron chi connectivity index (χ0n) is 14.3. The molecular weight excluding hydrogens is 349 g/mol. The third-order valence-corrected chi connectivity index (χ3v) is 4.82. The molecule has 0 bridgehead atoms. The van der Waals surface area contributed by atoms with Crippen molar-refractivity contribution in [1.82, 2.24) is 10.2 Å². The quantitative estimate of drug-likeness (QED) is 0.864. The van der Waals surface area contributed by atoms with Gasteiger partial charge in [0.25, 0.3) is 0 Å². The van der Waals surface area contributed by atoms with E-state index in [0.29, 0.717) is 18.0 Å². The highest BCUT2D eigenvalue weighted by molar-refractivity contribution is 5.66. The molecule has 1 aliphatic carbocycles. The second-order valence-corrected chi connectivity index (χ2v) is 6.81. The third-order valence-electron chi connectivity index (χ3n) is 4.82. The minimum Gasteiger partial charge on any atom is -0.388 e. The minimum absolute atomic E-state index is 0.0375. The number of H-pyrrole nitrogens is 1. The molecule has 1 heterocycles. The van der Waals surface area contributed by atoms with Crippen LogP contribution in [0.3, 0.4) is 0 Å². The van der Waals surface area contributed by atoms with Crippen molar-refractivity contribution in [2.75, 3.05) is 18.5 Å². The number of halogens is 3. The second-order valence-electron chi connectivity index (χ2n) is 6.81. The highest BCUT2D eigenvalue weighted by Gasteiger charge is 2.35. The summed E-state index contributed by atoms with van der Waals surface area (Å²) in [6, 6.07) is 3.79. The summed E-state index contributed by atoms with van der Waals surface area (Å²) in [5.74, 6) is -0.497. The molecule has 1 aromatic heterocycles. The van der Waals surface area contributed by atoms with Crippen molar-refractivity contribution in [1.29, 1.82) is 0 Å². The summed E-state index contributed by atoms with van der Waals surface area (Å²) in [4.78, 5) is 12.7. The molecule has 9 heteroatoms. The Balaban J connectivity index is 1.90. The summed E-state index contributed by atoms with van der Waals surface area (Å²) in [7, 11) is 1.64. The molecule has 1 aliphatic rings. The van der Waals surface area contributed by atoms with E-state index in [0.717, 1.165) is 31.7 Å². The lowest BCUT2D eigenvalue weighted by Crippen LogP contribution is -2.33. The number of nitrogens with zero attached hydrogens (tertiary/aromatic N) is 2. The zero-order valence-corrected chi connectivity index (χ0v) is 14.3. The van der Waals surface area contributed by atoms with Crippen LogP contribution in [-0.4, -0.2) is 29.8 Å². The molecule has 0 unspecified atom stereocenters. The van der Waals surface area contributed by atoms with Crippen molar-refractivity contribution in [2.24, 2.45) is 11.7 Å². The zero-order chi connectivity index (χ0) is 18.9. The van der Waals surface area contributed by atoms with Crippen molar-refractivity contribution >= 4 is 5.69 Å². The summed E-state index contributed by atoms with van der Waals surface area (Å²) in [6.45, 7) is 0.504. The number of aromatic nitrogens is 2. The molecule has 1 saturated carbocycles. The van der Waals surface area contributed by atoms with Crippen molar-refractivity contribution in [3.05, 3.63) is 34.3 Å². The molecule has 0 saturated heterocycles. The summed E-state index contributed by atoms with van der Waals surface area (Å²) in [6.07, 6.45) is -0.892. The maximum Gasteiger partial charge on any atom is 0.434 e. The van der Waals surface area contributed by atoms with Crippen LogP contribution in [0.4, 0.5) is 18.9 Å². The van der Waals surface area contributed by atoms with Gasteiger partial charge < -0.3 is 15.1 Å². The van der Waals surface area contributed by atoms with E-state index < -0.39 is 17.5 Å². The molecule has 0 aliphatic heterocycles. The summed E-state index contributed by atoms with van der Waals surface area (Å²) in [5, 5.41) is 5.80. The predicted molar refractivity (Wildman–Crippen MR) is 90.8 cm³/mol. The van der Waals surface area contributed by atoms with Gasteiger partial charge in [-0.05, 0) is 49.8 Å². The average Bonchev–Trinajstić information content (AvgIpc) is 3.02. The number of alkyl halides is 3. The standard InChI is InChI=1S/C17H21F3N4O2/c1-24(9-10-2-5-12(21)6-3-10)14-8-11(15-22-23-16(25)26-15)4-7-13(14)17(18,19)20/h4,7-8,10,12H,2-3,5-6,9,21H2,1H3,(H,23,25)/t10-,12-. The van der Waals surface area contributed by atoms with Crippen molar-refractivity contribution in [3.63, 3.8) is 0 Å². The number of aromatic amines is 1. The summed E-state index contributed by atoms with van der Waals surface area (Å²) in [5.41, 5.74) is 5.52. The number of hydrogen-bond donors (Lipinski definition) is 2. The van der Waals surface area contributed by atoms with Crippen molar-refractivity contribution in [2.45, 2.75) is 37.9 Å². The highest BCUT2D eigenvalue weighted by Crippen LogP contribution is 2.39. The number of anilines is 1. The molecule has 6 nitrogen and oxygen atoms in total. The van der Waals surface area contributed by atoms with Crippen molar-refractivity contribution in [3.8, 4) is 11.5 Å². The Bertz CT molecular complexity index is 807. The summed E-state index contributed by atoms with van der Waals surface area (Å²) < 4.78 is 45.2. The Morgan fingerprint density at radius 3 is 2.58 bits per heavy atom. The predicted octanol–water partition coefficient (Wildman–Crippen LogP) is 3.00. The van der Waals surface area contributed by atoms with Gasteiger partial charge in [-0.2, -0.15) is 13.2 Å². The first-order valence-corrected chi connectivity index (χ1v) is 8.48. The van der Waals surface area contributed by atoms with E-state index in [1.165, 1.54) is 12.1 Å². The normalized spacial score (nSPS) is 21.0. The Kier molecular flexibility index (Phi) is 5.08. The average molecular weight is 370 g/mol. The lowest BCUT2D eigenvalue weighted by molar-refractivity contribution is -0.137. The van der Waals surface area contributed by atoms with E-state index in [4.69, 9.17) is 10.2 Å². The van der Waals surface area contributed by atoms with Crippen LogP contribution in [-0.2, 0) is 6.18 Å². The second kappa shape index (κ2) is 7.14. The Hall–Kier alpha value is -2.29. The molecule has 1 aromatic carbocycles. The van der Waals surface area contributed by atoms with Crippen LogP contribution in [0.1, 0.15) is 31.2 Å². The molecular formula is C17H21F3N4O2. The van der Waals surface area contributed by atoms with E-state index in [-0.39, 0.29) is 17.6 Å². The molecule has 0 amide bonds. The van der Waals surface area contributed by atoms with E-state index in [2.05, 4.69) is 10.2 Å². The fourth-order valence-corrected chi connectivity index (χ4v) is 3.43. The van der Waals surface area contributed by atoms with Gasteiger partial charge in [-0.3, -0.25) is 0 Å². The number of hydrogen-bond acceptors (Lipinski definition) is 5. The molecule has 0 spiro atoms. The van der Waals surface area contributed by atoms with Gasteiger partial charge in [0.05, 0.1) is 5.56 Å². The van der Waals surface area contributed by atoms with E-state index in [9.17, 15) is 18.0 Å². The monoisotopic (exact) mass is 370 g/mol. The fraction of sp³-hybridized carbons (Fsp3) is 0.529.